The van der Waals surface area contributed by atoms with Gasteiger partial charge in [-0.15, -0.1) is 0 Å². The van der Waals surface area contributed by atoms with Gasteiger partial charge in [0.2, 0.25) is 5.91 Å². The minimum absolute atomic E-state index is 0.0433. The molecule has 0 saturated carbocycles. The first-order valence-electron chi connectivity index (χ1n) is 7.08. The number of hydrogen-bond acceptors (Lipinski definition) is 4. The van der Waals surface area contributed by atoms with Gasteiger partial charge in [0.25, 0.3) is 0 Å². The molecule has 1 amide bonds. The van der Waals surface area contributed by atoms with Crippen LogP contribution < -0.4 is 4.74 Å². The zero-order valence-corrected chi connectivity index (χ0v) is 13.0. The van der Waals surface area contributed by atoms with E-state index >= 15 is 0 Å². The number of esters is 1. The molecule has 0 fully saturated rings. The fourth-order valence-corrected chi connectivity index (χ4v) is 2.22. The summed E-state index contributed by atoms with van der Waals surface area (Å²) in [6, 6.07) is 5.65. The zero-order chi connectivity index (χ0) is 16.1. The number of nitrogens with one attached hydrogen (secondary N) is 1. The highest BCUT2D eigenvalue weighted by Crippen LogP contribution is 2.24. The van der Waals surface area contributed by atoms with Crippen LogP contribution in [0.5, 0.6) is 5.75 Å². The summed E-state index contributed by atoms with van der Waals surface area (Å²) < 4.78 is 10.1. The molecular formula is C16H20N2O4. The van der Waals surface area contributed by atoms with Crippen LogP contribution in [0.1, 0.15) is 12.5 Å². The third kappa shape index (κ3) is 3.58. The van der Waals surface area contributed by atoms with Crippen LogP contribution in [-0.4, -0.2) is 49.1 Å². The Labute approximate surface area is 129 Å². The topological polar surface area (TPSA) is 71.6 Å². The maximum absolute atomic E-state index is 12.2. The van der Waals surface area contributed by atoms with Crippen LogP contribution in [0.15, 0.2) is 24.4 Å². The van der Waals surface area contributed by atoms with Crippen LogP contribution >= 0.6 is 0 Å². The normalized spacial score (nSPS) is 10.5. The highest BCUT2D eigenvalue weighted by atomic mass is 16.5. The molecule has 0 unspecified atom stereocenters. The van der Waals surface area contributed by atoms with Crippen molar-refractivity contribution in [2.24, 2.45) is 0 Å². The van der Waals surface area contributed by atoms with Gasteiger partial charge in [0, 0.05) is 24.1 Å². The molecule has 0 aliphatic rings. The maximum atomic E-state index is 12.2. The van der Waals surface area contributed by atoms with E-state index in [2.05, 4.69) is 4.98 Å². The first kappa shape index (κ1) is 15.9. The number of methoxy groups -OCH3 is 1. The lowest BCUT2D eigenvalue weighted by atomic mass is 10.1. The van der Waals surface area contributed by atoms with E-state index in [9.17, 15) is 9.59 Å². The lowest BCUT2D eigenvalue weighted by Crippen LogP contribution is -2.34. The number of ether oxygens (including phenoxy) is 2. The van der Waals surface area contributed by atoms with Crippen LogP contribution in [0.2, 0.25) is 0 Å². The third-order valence-corrected chi connectivity index (χ3v) is 3.41. The van der Waals surface area contributed by atoms with Crippen LogP contribution in [0.3, 0.4) is 0 Å². The summed E-state index contributed by atoms with van der Waals surface area (Å²) in [7, 11) is 3.19. The molecule has 1 aromatic carbocycles. The Morgan fingerprint density at radius 1 is 1.32 bits per heavy atom. The molecule has 2 aromatic rings. The first-order chi connectivity index (χ1) is 10.5. The van der Waals surface area contributed by atoms with Gasteiger partial charge in [0.05, 0.1) is 20.1 Å². The van der Waals surface area contributed by atoms with Gasteiger partial charge in [-0.1, -0.05) is 0 Å². The summed E-state index contributed by atoms with van der Waals surface area (Å²) in [5, 5.41) is 0.942. The van der Waals surface area contributed by atoms with Crippen molar-refractivity contribution in [3.8, 4) is 5.75 Å². The van der Waals surface area contributed by atoms with Gasteiger partial charge in [0.15, 0.2) is 0 Å². The molecule has 1 heterocycles. The van der Waals surface area contributed by atoms with Crippen molar-refractivity contribution in [2.45, 2.75) is 13.3 Å². The molecular weight excluding hydrogens is 284 g/mol. The number of H-pyrrole nitrogens is 1. The number of likely N-dealkylation sites (N-methyl/N-ethyl adjacent to an activating group) is 1. The van der Waals surface area contributed by atoms with E-state index in [0.29, 0.717) is 6.61 Å². The molecule has 6 nitrogen and oxygen atoms in total. The second-order valence-electron chi connectivity index (χ2n) is 4.96. The minimum atomic E-state index is -0.404. The van der Waals surface area contributed by atoms with Gasteiger partial charge in [-0.3, -0.25) is 9.59 Å². The largest absolute Gasteiger partial charge is 0.497 e. The second-order valence-corrected chi connectivity index (χ2v) is 4.96. The Kier molecular flexibility index (Phi) is 5.04. The fraction of sp³-hybridized carbons (Fsp3) is 0.375. The van der Waals surface area contributed by atoms with Gasteiger partial charge in [-0.05, 0) is 30.7 Å². The van der Waals surface area contributed by atoms with E-state index in [0.717, 1.165) is 22.2 Å². The molecule has 0 spiro atoms. The quantitative estimate of drug-likeness (QED) is 0.825. The number of hydrogen-bond donors (Lipinski definition) is 1. The molecule has 1 aromatic heterocycles. The van der Waals surface area contributed by atoms with Gasteiger partial charge < -0.3 is 19.4 Å². The molecule has 6 heteroatoms. The van der Waals surface area contributed by atoms with Crippen molar-refractivity contribution >= 4 is 22.8 Å². The van der Waals surface area contributed by atoms with Crippen molar-refractivity contribution in [3.05, 3.63) is 30.0 Å². The zero-order valence-electron chi connectivity index (χ0n) is 13.0. The average molecular weight is 304 g/mol. The number of benzene rings is 1. The number of carbonyl (C=O) groups excluding carboxylic acids is 2. The van der Waals surface area contributed by atoms with Crippen molar-refractivity contribution in [1.82, 2.24) is 9.88 Å². The first-order valence-corrected chi connectivity index (χ1v) is 7.08. The summed E-state index contributed by atoms with van der Waals surface area (Å²) >= 11 is 0. The molecule has 0 aliphatic heterocycles. The third-order valence-electron chi connectivity index (χ3n) is 3.41. The van der Waals surface area contributed by atoms with Gasteiger partial charge >= 0.3 is 5.97 Å². The highest BCUT2D eigenvalue weighted by Gasteiger charge is 2.16. The van der Waals surface area contributed by atoms with Crippen molar-refractivity contribution < 1.29 is 19.1 Å². The summed E-state index contributed by atoms with van der Waals surface area (Å²) in [6.45, 7) is 2.00. The summed E-state index contributed by atoms with van der Waals surface area (Å²) in [5.41, 5.74) is 1.81. The molecule has 22 heavy (non-hydrogen) atoms. The molecule has 0 atom stereocenters. The van der Waals surface area contributed by atoms with Crippen LogP contribution in [-0.2, 0) is 20.7 Å². The smallest absolute Gasteiger partial charge is 0.325 e. The molecule has 1 N–H and O–H groups in total. The predicted molar refractivity (Wildman–Crippen MR) is 82.8 cm³/mol. The van der Waals surface area contributed by atoms with Gasteiger partial charge in [-0.2, -0.15) is 0 Å². The average Bonchev–Trinajstić information content (AvgIpc) is 2.89. The number of aromatic nitrogens is 1. The Bertz CT molecular complexity index is 678. The van der Waals surface area contributed by atoms with Crippen LogP contribution in [0, 0.1) is 0 Å². The number of carbonyl (C=O) groups is 2. The van der Waals surface area contributed by atoms with Gasteiger partial charge in [-0.25, -0.2) is 0 Å². The SMILES string of the molecule is CCOC(=O)CN(C)C(=O)Cc1c[nH]c2ccc(OC)cc12. The number of rotatable bonds is 6. The van der Waals surface area contributed by atoms with E-state index in [1.807, 2.05) is 18.2 Å². The number of aromatic amines is 1. The van der Waals surface area contributed by atoms with E-state index in [4.69, 9.17) is 9.47 Å². The molecule has 118 valence electrons. The van der Waals surface area contributed by atoms with E-state index in [-0.39, 0.29) is 18.9 Å². The summed E-state index contributed by atoms with van der Waals surface area (Å²) in [4.78, 5) is 28.1. The minimum Gasteiger partial charge on any atom is -0.497 e. The maximum Gasteiger partial charge on any atom is 0.325 e. The molecule has 0 bridgehead atoms. The molecule has 2 rings (SSSR count). The predicted octanol–water partition coefficient (Wildman–Crippen LogP) is 1.74. The fourth-order valence-electron chi connectivity index (χ4n) is 2.22. The monoisotopic (exact) mass is 304 g/mol. The Morgan fingerprint density at radius 3 is 2.77 bits per heavy atom. The number of amides is 1. The van der Waals surface area contributed by atoms with Crippen LogP contribution in [0.4, 0.5) is 0 Å². The van der Waals surface area contributed by atoms with E-state index in [1.165, 1.54) is 4.90 Å². The van der Waals surface area contributed by atoms with Gasteiger partial charge in [0.1, 0.15) is 12.3 Å². The lowest BCUT2D eigenvalue weighted by molar-refractivity contribution is -0.147. The lowest BCUT2D eigenvalue weighted by Gasteiger charge is -2.15. The molecule has 0 aliphatic carbocycles. The highest BCUT2D eigenvalue weighted by molar-refractivity contribution is 5.90. The summed E-state index contributed by atoms with van der Waals surface area (Å²) in [5.74, 6) is 0.191. The number of nitrogens with zero attached hydrogens (tertiary/aromatic N) is 1. The Balaban J connectivity index is 2.09. The van der Waals surface area contributed by atoms with Crippen LogP contribution in [0.25, 0.3) is 10.9 Å². The van der Waals surface area contributed by atoms with E-state index in [1.54, 1.807) is 27.3 Å². The molecule has 0 radical (unpaired) electrons. The molecule has 0 saturated heterocycles. The summed E-state index contributed by atoms with van der Waals surface area (Å²) in [6.07, 6.45) is 2.02. The second kappa shape index (κ2) is 6.98. The number of fused-ring (bicyclic) bond motifs is 1. The van der Waals surface area contributed by atoms with Crippen molar-refractivity contribution in [3.63, 3.8) is 0 Å². The van der Waals surface area contributed by atoms with Crippen molar-refractivity contribution in [1.29, 1.82) is 0 Å². The Morgan fingerprint density at radius 2 is 2.09 bits per heavy atom. The van der Waals surface area contributed by atoms with E-state index < -0.39 is 5.97 Å². The van der Waals surface area contributed by atoms with Crippen molar-refractivity contribution in [2.75, 3.05) is 27.3 Å². The Hall–Kier alpha value is -2.50. The standard InChI is InChI=1S/C16H20N2O4/c1-4-22-16(20)10-18(2)15(19)7-11-9-17-14-6-5-12(21-3)8-13(11)14/h5-6,8-9,17H,4,7,10H2,1-3H3.